The molecular formula is C18H28N2O. The molecule has 1 aromatic rings. The van der Waals surface area contributed by atoms with Crippen molar-refractivity contribution in [1.29, 1.82) is 0 Å². The van der Waals surface area contributed by atoms with E-state index >= 15 is 0 Å². The monoisotopic (exact) mass is 288 g/mol. The summed E-state index contributed by atoms with van der Waals surface area (Å²) < 4.78 is 5.85. The molecule has 1 aliphatic heterocycles. The van der Waals surface area contributed by atoms with Crippen LogP contribution in [-0.4, -0.2) is 43.8 Å². The second-order valence-electron chi connectivity index (χ2n) is 6.29. The maximum atomic E-state index is 5.85. The second kappa shape index (κ2) is 6.91. The van der Waals surface area contributed by atoms with Crippen LogP contribution in [0.2, 0.25) is 0 Å². The minimum Gasteiger partial charge on any atom is -0.377 e. The molecule has 0 saturated carbocycles. The normalized spacial score (nSPS) is 28.8. The number of rotatable bonds is 5. The SMILES string of the molecule is CCN(CC1CCCO1)C1CCc2ccccc2C1NC. The summed E-state index contributed by atoms with van der Waals surface area (Å²) in [5.41, 5.74) is 3.00. The first-order chi connectivity index (χ1) is 10.3. The van der Waals surface area contributed by atoms with Crippen LogP contribution < -0.4 is 5.32 Å². The summed E-state index contributed by atoms with van der Waals surface area (Å²) in [6.07, 6.45) is 5.33. The molecule has 3 rings (SSSR count). The van der Waals surface area contributed by atoms with Gasteiger partial charge in [-0.05, 0) is 50.4 Å². The Labute approximate surface area is 128 Å². The first-order valence-corrected chi connectivity index (χ1v) is 8.44. The van der Waals surface area contributed by atoms with Gasteiger partial charge in [-0.15, -0.1) is 0 Å². The van der Waals surface area contributed by atoms with E-state index in [9.17, 15) is 0 Å². The fraction of sp³-hybridized carbons (Fsp3) is 0.667. The molecule has 1 aromatic carbocycles. The zero-order valence-electron chi connectivity index (χ0n) is 13.3. The number of hydrogen-bond acceptors (Lipinski definition) is 3. The van der Waals surface area contributed by atoms with Gasteiger partial charge in [0.25, 0.3) is 0 Å². The summed E-state index contributed by atoms with van der Waals surface area (Å²) in [5.74, 6) is 0. The second-order valence-corrected chi connectivity index (χ2v) is 6.29. The Bertz CT molecular complexity index is 456. The van der Waals surface area contributed by atoms with Crippen molar-refractivity contribution in [1.82, 2.24) is 10.2 Å². The Balaban J connectivity index is 1.76. The smallest absolute Gasteiger partial charge is 0.0702 e. The molecule has 1 fully saturated rings. The van der Waals surface area contributed by atoms with Gasteiger partial charge in [0.1, 0.15) is 0 Å². The lowest BCUT2D eigenvalue weighted by atomic mass is 9.83. The summed E-state index contributed by atoms with van der Waals surface area (Å²) in [6.45, 7) is 5.42. The maximum absolute atomic E-state index is 5.85. The zero-order chi connectivity index (χ0) is 14.7. The third-order valence-electron chi connectivity index (χ3n) is 5.13. The minimum absolute atomic E-state index is 0.441. The van der Waals surface area contributed by atoms with Crippen molar-refractivity contribution >= 4 is 0 Å². The molecule has 3 nitrogen and oxygen atoms in total. The average Bonchev–Trinajstić information content (AvgIpc) is 3.04. The van der Waals surface area contributed by atoms with Crippen molar-refractivity contribution in [2.45, 2.75) is 50.8 Å². The van der Waals surface area contributed by atoms with Gasteiger partial charge in [0, 0.05) is 25.2 Å². The van der Waals surface area contributed by atoms with Gasteiger partial charge in [0.2, 0.25) is 0 Å². The van der Waals surface area contributed by atoms with Crippen molar-refractivity contribution in [2.75, 3.05) is 26.7 Å². The molecule has 1 N–H and O–H groups in total. The molecule has 1 aliphatic carbocycles. The number of nitrogens with zero attached hydrogens (tertiary/aromatic N) is 1. The van der Waals surface area contributed by atoms with Crippen molar-refractivity contribution in [3.05, 3.63) is 35.4 Å². The van der Waals surface area contributed by atoms with Gasteiger partial charge in [-0.1, -0.05) is 31.2 Å². The molecule has 3 heteroatoms. The number of nitrogens with one attached hydrogen (secondary N) is 1. The molecule has 116 valence electrons. The summed E-state index contributed by atoms with van der Waals surface area (Å²) >= 11 is 0. The predicted molar refractivity (Wildman–Crippen MR) is 86.6 cm³/mol. The molecule has 2 aliphatic rings. The van der Waals surface area contributed by atoms with Crippen LogP contribution >= 0.6 is 0 Å². The molecular weight excluding hydrogens is 260 g/mol. The summed E-state index contributed by atoms with van der Waals surface area (Å²) in [4.78, 5) is 2.63. The van der Waals surface area contributed by atoms with Gasteiger partial charge in [0.05, 0.1) is 6.10 Å². The Kier molecular flexibility index (Phi) is 4.94. The molecule has 21 heavy (non-hydrogen) atoms. The van der Waals surface area contributed by atoms with Crippen molar-refractivity contribution in [2.24, 2.45) is 0 Å². The number of benzene rings is 1. The Morgan fingerprint density at radius 2 is 2.14 bits per heavy atom. The summed E-state index contributed by atoms with van der Waals surface area (Å²) in [7, 11) is 2.10. The van der Waals surface area contributed by atoms with E-state index in [-0.39, 0.29) is 0 Å². The Morgan fingerprint density at radius 3 is 2.86 bits per heavy atom. The van der Waals surface area contributed by atoms with E-state index in [1.807, 2.05) is 0 Å². The molecule has 1 saturated heterocycles. The maximum Gasteiger partial charge on any atom is 0.0702 e. The highest BCUT2D eigenvalue weighted by Gasteiger charge is 2.33. The van der Waals surface area contributed by atoms with Crippen LogP contribution in [0.25, 0.3) is 0 Å². The van der Waals surface area contributed by atoms with E-state index in [4.69, 9.17) is 4.74 Å². The van der Waals surface area contributed by atoms with E-state index in [1.54, 1.807) is 0 Å². The molecule has 3 atom stereocenters. The standard InChI is InChI=1S/C18H28N2O/c1-3-20(13-15-8-6-12-21-15)17-11-10-14-7-4-5-9-16(14)18(17)19-2/h4-5,7,9,15,17-19H,3,6,8,10-13H2,1-2H3. The highest BCUT2D eigenvalue weighted by molar-refractivity contribution is 5.34. The highest BCUT2D eigenvalue weighted by atomic mass is 16.5. The van der Waals surface area contributed by atoms with Crippen LogP contribution in [0.15, 0.2) is 24.3 Å². The van der Waals surface area contributed by atoms with Gasteiger partial charge in [-0.25, -0.2) is 0 Å². The predicted octanol–water partition coefficient (Wildman–Crippen LogP) is 2.76. The number of hydrogen-bond donors (Lipinski definition) is 1. The fourth-order valence-electron chi connectivity index (χ4n) is 4.03. The van der Waals surface area contributed by atoms with Gasteiger partial charge < -0.3 is 10.1 Å². The first-order valence-electron chi connectivity index (χ1n) is 8.44. The number of ether oxygens (including phenoxy) is 1. The van der Waals surface area contributed by atoms with Gasteiger partial charge in [-0.2, -0.15) is 0 Å². The highest BCUT2D eigenvalue weighted by Crippen LogP contribution is 2.33. The van der Waals surface area contributed by atoms with Crippen LogP contribution in [0.3, 0.4) is 0 Å². The number of fused-ring (bicyclic) bond motifs is 1. The van der Waals surface area contributed by atoms with E-state index in [1.165, 1.54) is 36.8 Å². The number of aryl methyl sites for hydroxylation is 1. The topological polar surface area (TPSA) is 24.5 Å². The van der Waals surface area contributed by atoms with Gasteiger partial charge in [0.15, 0.2) is 0 Å². The van der Waals surface area contributed by atoms with Gasteiger partial charge in [-0.3, -0.25) is 4.90 Å². The van der Waals surface area contributed by atoms with E-state index in [2.05, 4.69) is 48.5 Å². The third kappa shape index (κ3) is 3.15. The largest absolute Gasteiger partial charge is 0.377 e. The van der Waals surface area contributed by atoms with E-state index < -0.39 is 0 Å². The van der Waals surface area contributed by atoms with E-state index in [0.29, 0.717) is 18.2 Å². The lowest BCUT2D eigenvalue weighted by Gasteiger charge is -2.41. The van der Waals surface area contributed by atoms with Crippen molar-refractivity contribution in [3.63, 3.8) is 0 Å². The zero-order valence-corrected chi connectivity index (χ0v) is 13.3. The molecule has 0 radical (unpaired) electrons. The Hall–Kier alpha value is -0.900. The van der Waals surface area contributed by atoms with Gasteiger partial charge >= 0.3 is 0 Å². The van der Waals surface area contributed by atoms with Crippen LogP contribution in [0.4, 0.5) is 0 Å². The molecule has 0 aromatic heterocycles. The molecule has 3 unspecified atom stereocenters. The van der Waals surface area contributed by atoms with Crippen LogP contribution in [-0.2, 0) is 11.2 Å². The molecule has 1 heterocycles. The van der Waals surface area contributed by atoms with Crippen LogP contribution in [0.5, 0.6) is 0 Å². The number of likely N-dealkylation sites (N-methyl/N-ethyl adjacent to an activating group) is 2. The molecule has 0 spiro atoms. The lowest BCUT2D eigenvalue weighted by Crippen LogP contribution is -2.48. The Morgan fingerprint density at radius 1 is 1.29 bits per heavy atom. The molecule has 0 bridgehead atoms. The van der Waals surface area contributed by atoms with Crippen LogP contribution in [0, 0.1) is 0 Å². The van der Waals surface area contributed by atoms with Crippen LogP contribution in [0.1, 0.15) is 43.4 Å². The van der Waals surface area contributed by atoms with E-state index in [0.717, 1.165) is 19.7 Å². The van der Waals surface area contributed by atoms with Crippen molar-refractivity contribution < 1.29 is 4.74 Å². The lowest BCUT2D eigenvalue weighted by molar-refractivity contribution is 0.0472. The summed E-state index contributed by atoms with van der Waals surface area (Å²) in [6, 6.07) is 9.93. The molecule has 0 amide bonds. The third-order valence-corrected chi connectivity index (χ3v) is 5.13. The summed E-state index contributed by atoms with van der Waals surface area (Å²) in [5, 5.41) is 3.57. The fourth-order valence-corrected chi connectivity index (χ4v) is 4.03. The first kappa shape index (κ1) is 15.0. The quantitative estimate of drug-likeness (QED) is 0.901. The minimum atomic E-state index is 0.441. The average molecular weight is 288 g/mol. The van der Waals surface area contributed by atoms with Crippen molar-refractivity contribution in [3.8, 4) is 0 Å².